The second-order valence-corrected chi connectivity index (χ2v) is 7.41. The minimum absolute atomic E-state index is 0.254. The van der Waals surface area contributed by atoms with Crippen LogP contribution in [0.3, 0.4) is 0 Å². The Bertz CT molecular complexity index is 1070. The molecule has 7 nitrogen and oxygen atoms in total. The number of hydrazine groups is 1. The molecule has 0 saturated carbocycles. The van der Waals surface area contributed by atoms with E-state index in [0.29, 0.717) is 16.7 Å². The van der Waals surface area contributed by atoms with Gasteiger partial charge >= 0.3 is 12.2 Å². The van der Waals surface area contributed by atoms with E-state index in [2.05, 4.69) is 0 Å². The highest BCUT2D eigenvalue weighted by molar-refractivity contribution is 6.20. The number of nitrogens with zero attached hydrogens (tertiary/aromatic N) is 2. The highest BCUT2D eigenvalue weighted by atomic mass is 16.6. The van der Waals surface area contributed by atoms with Gasteiger partial charge < -0.3 is 9.47 Å². The minimum atomic E-state index is -1.40. The average molecular weight is 406 g/mol. The lowest BCUT2D eigenvalue weighted by Gasteiger charge is -2.66. The molecule has 0 radical (unpaired) electrons. The van der Waals surface area contributed by atoms with E-state index >= 15 is 0 Å². The molecule has 30 heavy (non-hydrogen) atoms. The first-order chi connectivity index (χ1) is 14.4. The number of carbonyl (C=O) groups is 3. The maximum absolute atomic E-state index is 13.7. The molecule has 7 heteroatoms. The number of fused-ring (bicyclic) bond motifs is 1. The summed E-state index contributed by atoms with van der Waals surface area (Å²) >= 11 is 0. The minimum Gasteiger partial charge on any atom is -0.451 e. The monoisotopic (exact) mass is 406 g/mol. The maximum Gasteiger partial charge on any atom is 0.430 e. The van der Waals surface area contributed by atoms with Gasteiger partial charge in [-0.3, -0.25) is 4.79 Å². The molecule has 2 amide bonds. The van der Waals surface area contributed by atoms with Gasteiger partial charge in [0.1, 0.15) is 0 Å². The fourth-order valence-electron chi connectivity index (χ4n) is 4.94. The topological polar surface area (TPSA) is 76.2 Å². The van der Waals surface area contributed by atoms with Crippen LogP contribution in [0.5, 0.6) is 0 Å². The molecule has 0 bridgehead atoms. The molecule has 2 aromatic carbocycles. The lowest BCUT2D eigenvalue weighted by molar-refractivity contribution is -0.235. The Labute approximate surface area is 174 Å². The van der Waals surface area contributed by atoms with Crippen molar-refractivity contribution in [2.45, 2.75) is 24.9 Å². The van der Waals surface area contributed by atoms with Crippen molar-refractivity contribution >= 4 is 23.5 Å². The van der Waals surface area contributed by atoms with Crippen molar-refractivity contribution in [2.75, 3.05) is 14.2 Å². The average Bonchev–Trinajstić information content (AvgIpc) is 2.92. The van der Waals surface area contributed by atoms with Gasteiger partial charge in [-0.25, -0.2) is 9.59 Å². The van der Waals surface area contributed by atoms with Crippen LogP contribution in [-0.4, -0.2) is 47.7 Å². The van der Waals surface area contributed by atoms with Gasteiger partial charge in [0.15, 0.2) is 16.9 Å². The van der Waals surface area contributed by atoms with E-state index in [-0.39, 0.29) is 5.78 Å². The Kier molecular flexibility index (Phi) is 4.42. The Morgan fingerprint density at radius 2 is 1.33 bits per heavy atom. The fraction of sp³-hybridized carbons (Fsp3) is 0.261. The van der Waals surface area contributed by atoms with Crippen molar-refractivity contribution in [3.63, 3.8) is 0 Å². The van der Waals surface area contributed by atoms with Crippen molar-refractivity contribution in [2.24, 2.45) is 0 Å². The summed E-state index contributed by atoms with van der Waals surface area (Å²) in [6, 6.07) is 18.6. The van der Waals surface area contributed by atoms with Crippen LogP contribution in [0.2, 0.25) is 0 Å². The van der Waals surface area contributed by atoms with Crippen molar-refractivity contribution in [3.8, 4) is 0 Å². The van der Waals surface area contributed by atoms with Gasteiger partial charge in [-0.2, -0.15) is 10.0 Å². The zero-order valence-corrected chi connectivity index (χ0v) is 17.2. The fourth-order valence-corrected chi connectivity index (χ4v) is 4.94. The van der Waals surface area contributed by atoms with Crippen LogP contribution in [0, 0.1) is 0 Å². The third-order valence-corrected chi connectivity index (χ3v) is 6.11. The number of ether oxygens (including phenoxy) is 2. The standard InChI is InChI=1S/C23H22N2O5/c1-15-18(16-11-7-5-8-12-16)23(17-13-9-6-10-14-17)22(2,19(15)26)24(20(27)29-3)25(23)21(28)30-4/h5-14H,1-4H3. The number of hydrogen-bond acceptors (Lipinski definition) is 5. The largest absolute Gasteiger partial charge is 0.451 e. The smallest absolute Gasteiger partial charge is 0.430 e. The zero-order chi connectivity index (χ0) is 21.7. The molecule has 0 aromatic heterocycles. The Morgan fingerprint density at radius 3 is 1.87 bits per heavy atom. The van der Waals surface area contributed by atoms with Gasteiger partial charge in [0.2, 0.25) is 0 Å². The summed E-state index contributed by atoms with van der Waals surface area (Å²) in [5.74, 6) is -0.254. The van der Waals surface area contributed by atoms with Gasteiger partial charge in [-0.05, 0) is 25.0 Å². The van der Waals surface area contributed by atoms with E-state index in [0.717, 1.165) is 10.6 Å². The molecule has 2 aliphatic rings. The molecule has 4 rings (SSSR count). The maximum atomic E-state index is 13.7. The zero-order valence-electron chi connectivity index (χ0n) is 17.2. The van der Waals surface area contributed by atoms with Gasteiger partial charge in [0.25, 0.3) is 0 Å². The van der Waals surface area contributed by atoms with Crippen molar-refractivity contribution < 1.29 is 23.9 Å². The van der Waals surface area contributed by atoms with Crippen LogP contribution < -0.4 is 0 Å². The molecule has 2 aromatic rings. The predicted molar refractivity (Wildman–Crippen MR) is 109 cm³/mol. The van der Waals surface area contributed by atoms with Crippen LogP contribution in [0.25, 0.3) is 5.57 Å². The highest BCUT2D eigenvalue weighted by Crippen LogP contribution is 2.65. The summed E-state index contributed by atoms with van der Waals surface area (Å²) < 4.78 is 9.96. The van der Waals surface area contributed by atoms with Crippen molar-refractivity contribution in [1.82, 2.24) is 10.0 Å². The van der Waals surface area contributed by atoms with Crippen molar-refractivity contribution in [3.05, 3.63) is 77.4 Å². The SMILES string of the molecule is COC(=O)N1N(C(=O)OC)C2(c3ccccc3)C(c3ccccc3)=C(C)C(=O)C12C. The lowest BCUT2D eigenvalue weighted by Crippen LogP contribution is -2.86. The Hall–Kier alpha value is -3.61. The number of Topliss-reactive ketones (excluding diaryl/α,β-unsaturated/α-hetero) is 1. The van der Waals surface area contributed by atoms with E-state index in [9.17, 15) is 14.4 Å². The summed E-state index contributed by atoms with van der Waals surface area (Å²) in [4.78, 5) is 39.4. The molecule has 0 spiro atoms. The second kappa shape index (κ2) is 6.73. The molecule has 2 unspecified atom stereocenters. The van der Waals surface area contributed by atoms with E-state index in [4.69, 9.17) is 9.47 Å². The molecule has 154 valence electrons. The third kappa shape index (κ3) is 2.12. The first-order valence-corrected chi connectivity index (χ1v) is 9.50. The molecule has 1 heterocycles. The van der Waals surface area contributed by atoms with Crippen LogP contribution in [0.1, 0.15) is 25.0 Å². The lowest BCUT2D eigenvalue weighted by atomic mass is 9.65. The van der Waals surface area contributed by atoms with Crippen LogP contribution in [0.15, 0.2) is 66.2 Å². The molecular formula is C23H22N2O5. The molecule has 1 aliphatic carbocycles. The summed E-state index contributed by atoms with van der Waals surface area (Å²) in [6.45, 7) is 3.39. The number of rotatable bonds is 2. The third-order valence-electron chi connectivity index (χ3n) is 6.11. The predicted octanol–water partition coefficient (Wildman–Crippen LogP) is 3.76. The quantitative estimate of drug-likeness (QED) is 0.759. The first kappa shape index (κ1) is 19.7. The van der Waals surface area contributed by atoms with Gasteiger partial charge in [-0.15, -0.1) is 0 Å². The highest BCUT2D eigenvalue weighted by Gasteiger charge is 2.81. The van der Waals surface area contributed by atoms with E-state index in [1.165, 1.54) is 19.2 Å². The number of ketones is 1. The van der Waals surface area contributed by atoms with E-state index < -0.39 is 23.3 Å². The molecule has 0 N–H and O–H groups in total. The summed E-state index contributed by atoms with van der Waals surface area (Å²) in [7, 11) is 2.45. The van der Waals surface area contributed by atoms with Crippen LogP contribution in [-0.2, 0) is 19.8 Å². The molecular weight excluding hydrogens is 384 g/mol. The molecule has 1 saturated heterocycles. The first-order valence-electron chi connectivity index (χ1n) is 9.50. The number of amides is 2. The van der Waals surface area contributed by atoms with E-state index in [1.54, 1.807) is 13.8 Å². The normalized spacial score (nSPS) is 25.0. The number of hydrogen-bond donors (Lipinski definition) is 0. The van der Waals surface area contributed by atoms with Crippen molar-refractivity contribution in [1.29, 1.82) is 0 Å². The number of methoxy groups -OCH3 is 2. The number of carbonyl (C=O) groups excluding carboxylic acids is 3. The molecule has 1 aliphatic heterocycles. The number of benzene rings is 2. The summed E-state index contributed by atoms with van der Waals surface area (Å²) in [5, 5.41) is 2.26. The van der Waals surface area contributed by atoms with Gasteiger partial charge in [0.05, 0.1) is 14.2 Å². The second-order valence-electron chi connectivity index (χ2n) is 7.41. The van der Waals surface area contributed by atoms with Crippen LogP contribution >= 0.6 is 0 Å². The Balaban J connectivity index is 2.10. The molecule has 2 atom stereocenters. The van der Waals surface area contributed by atoms with Gasteiger partial charge in [0, 0.05) is 11.1 Å². The van der Waals surface area contributed by atoms with Crippen LogP contribution in [0.4, 0.5) is 9.59 Å². The summed E-state index contributed by atoms with van der Waals surface area (Å²) in [5.41, 5.74) is -0.0418. The van der Waals surface area contributed by atoms with E-state index in [1.807, 2.05) is 60.7 Å². The summed E-state index contributed by atoms with van der Waals surface area (Å²) in [6.07, 6.45) is -1.58. The Morgan fingerprint density at radius 1 is 0.833 bits per heavy atom. The van der Waals surface area contributed by atoms with Gasteiger partial charge in [-0.1, -0.05) is 60.7 Å². The molecule has 1 fully saturated rings.